The van der Waals surface area contributed by atoms with E-state index in [1.54, 1.807) is 0 Å². The molecule has 2 heterocycles. The van der Waals surface area contributed by atoms with E-state index in [4.69, 9.17) is 8.83 Å². The van der Waals surface area contributed by atoms with Crippen LogP contribution in [0.5, 0.6) is 0 Å². The van der Waals surface area contributed by atoms with Crippen LogP contribution in [0.25, 0.3) is 66.4 Å². The summed E-state index contributed by atoms with van der Waals surface area (Å²) in [4.78, 5) is 0. The van der Waals surface area contributed by atoms with Gasteiger partial charge in [-0.3, -0.25) is 0 Å². The Hall–Kier alpha value is -3.66. The van der Waals surface area contributed by atoms with Gasteiger partial charge in [0.25, 0.3) is 0 Å². The summed E-state index contributed by atoms with van der Waals surface area (Å²) in [5.41, 5.74) is 12.8. The van der Waals surface area contributed by atoms with E-state index in [1.807, 2.05) is 38.1 Å². The number of hydrogen-bond acceptors (Lipinski definition) is 2. The monoisotopic (exact) mass is 818 g/mol. The van der Waals surface area contributed by atoms with E-state index in [1.165, 1.54) is 89.4 Å². The number of halogens is 2. The van der Waals surface area contributed by atoms with E-state index >= 15 is 0 Å². The van der Waals surface area contributed by atoms with E-state index in [9.17, 15) is 0 Å². The number of fused-ring (bicyclic) bond motifs is 2. The van der Waals surface area contributed by atoms with Crippen LogP contribution in [0.1, 0.15) is 33.8 Å². The van der Waals surface area contributed by atoms with Crippen molar-refractivity contribution in [1.29, 1.82) is 0 Å². The second-order valence-corrected chi connectivity index (χ2v) is 12.4. The molecule has 8 rings (SSSR count). The van der Waals surface area contributed by atoms with E-state index < -0.39 is 0 Å². The summed E-state index contributed by atoms with van der Waals surface area (Å²) < 4.78 is 11.6. The Morgan fingerprint density at radius 2 is 0.827 bits per heavy atom. The molecule has 2 radical (unpaired) electrons. The molecular weight excluding hydrogens is 775 g/mol. The maximum absolute atomic E-state index is 5.81. The third-order valence-electron chi connectivity index (χ3n) is 9.23. The minimum absolute atomic E-state index is 0. The molecule has 2 aromatic heterocycles. The fraction of sp³-hybridized carbons (Fsp3) is 0.130. The van der Waals surface area contributed by atoms with Gasteiger partial charge in [0.15, 0.2) is 0 Å². The van der Waals surface area contributed by atoms with Gasteiger partial charge in [-0.2, -0.15) is 0 Å². The zero-order valence-electron chi connectivity index (χ0n) is 31.2. The van der Waals surface area contributed by atoms with Crippen molar-refractivity contribution in [2.75, 3.05) is 0 Å². The van der Waals surface area contributed by atoms with Crippen molar-refractivity contribution in [3.05, 3.63) is 170 Å². The number of hydrogen-bond donors (Lipinski definition) is 0. The molecule has 6 aromatic carbocycles. The number of aryl methyl sites for hydroxylation is 4. The van der Waals surface area contributed by atoms with Gasteiger partial charge in [-0.15, -0.1) is 82.8 Å². The van der Waals surface area contributed by atoms with Gasteiger partial charge in [-0.1, -0.05) is 94.0 Å². The first-order chi connectivity index (χ1) is 23.3. The summed E-state index contributed by atoms with van der Waals surface area (Å²) in [5, 5.41) is 5.14. The van der Waals surface area contributed by atoms with Crippen molar-refractivity contribution < 1.29 is 32.2 Å². The molecule has 0 saturated carbocycles. The summed E-state index contributed by atoms with van der Waals surface area (Å²) in [5.74, 6) is 3.77. The quantitative estimate of drug-likeness (QED) is 0.131. The first-order valence-corrected chi connectivity index (χ1v) is 20.4. The molecular formula is C46H46Cl2O2SiZr-4. The van der Waals surface area contributed by atoms with Crippen LogP contribution in [0, 0.1) is 56.4 Å². The number of furan rings is 2. The van der Waals surface area contributed by atoms with Crippen molar-refractivity contribution in [2.24, 2.45) is 0 Å². The number of rotatable bonds is 4. The second-order valence-electron chi connectivity index (χ2n) is 12.4. The van der Waals surface area contributed by atoms with Crippen LogP contribution < -0.4 is 0 Å². The predicted octanol–water partition coefficient (Wildman–Crippen LogP) is 14.2. The van der Waals surface area contributed by atoms with Crippen molar-refractivity contribution in [3.63, 3.8) is 0 Å². The average Bonchev–Trinajstić information content (AvgIpc) is 3.91. The van der Waals surface area contributed by atoms with Gasteiger partial charge in [0, 0.05) is 0 Å². The fourth-order valence-electron chi connectivity index (χ4n) is 6.62. The zero-order valence-corrected chi connectivity index (χ0v) is 36.3. The standard InChI is InChI=1S/2C22H19O.2CH3.2ClH.Si.Zr/c2*1-14-11-18-12-19(21-10-9-15(2)23-21)13-20(18)22(16(14)3)17-7-5-4-6-8-17;;;;;;/h2*4-13H,1-3H3;2*1H3;2*1H;;/q4*-1;;;;. The molecule has 0 aliphatic carbocycles. The topological polar surface area (TPSA) is 26.3 Å². The summed E-state index contributed by atoms with van der Waals surface area (Å²) >= 11 is 1.36. The normalized spacial score (nSPS) is 10.0. The second kappa shape index (κ2) is 19.4. The molecule has 52 heavy (non-hydrogen) atoms. The third kappa shape index (κ3) is 9.10. The van der Waals surface area contributed by atoms with Crippen LogP contribution in [-0.4, -0.2) is 6.88 Å². The van der Waals surface area contributed by atoms with Gasteiger partial charge in [-0.25, -0.2) is 0 Å². The van der Waals surface area contributed by atoms with Gasteiger partial charge >= 0.3 is 30.2 Å². The number of benzene rings is 4. The molecule has 2 nitrogen and oxygen atoms in total. The van der Waals surface area contributed by atoms with Crippen LogP contribution in [-0.2, 0) is 23.3 Å². The Labute approximate surface area is 339 Å². The Morgan fingerprint density at radius 1 is 0.481 bits per heavy atom. The van der Waals surface area contributed by atoms with Gasteiger partial charge < -0.3 is 23.7 Å². The van der Waals surface area contributed by atoms with E-state index in [-0.39, 0.29) is 39.7 Å². The average molecular weight is 821 g/mol. The Balaban J connectivity index is 0.000000320. The predicted molar refractivity (Wildman–Crippen MR) is 227 cm³/mol. The van der Waals surface area contributed by atoms with E-state index in [2.05, 4.69) is 132 Å². The molecule has 0 atom stereocenters. The Bertz CT molecular complexity index is 2180. The Morgan fingerprint density at radius 3 is 1.13 bits per heavy atom. The summed E-state index contributed by atoms with van der Waals surface area (Å²) in [6.07, 6.45) is 0. The van der Waals surface area contributed by atoms with Crippen molar-refractivity contribution >= 4 is 53.2 Å². The summed E-state index contributed by atoms with van der Waals surface area (Å²) in [6, 6.07) is 42.9. The molecule has 8 aromatic rings. The molecule has 6 heteroatoms. The molecule has 0 saturated heterocycles. The van der Waals surface area contributed by atoms with Crippen LogP contribution in [0.2, 0.25) is 0 Å². The SMILES string of the molecule is Cc1ccc(-c2cc3c(-c4ccccc4)c(C)c(C)cc3[cH-]2)o1.Cc1ccc(-c2cc3c(-c4ccccc4)c(C)c(C)cc3[cH-]2)o1.Cl.Cl.[CH3-].[CH3-].[Si]=[Zr]. The first kappa shape index (κ1) is 44.5. The third-order valence-corrected chi connectivity index (χ3v) is 9.23. The van der Waals surface area contributed by atoms with Gasteiger partial charge in [0.1, 0.15) is 0 Å². The molecule has 0 amide bonds. The van der Waals surface area contributed by atoms with Gasteiger partial charge in [-0.05, 0) is 88.1 Å². The fourth-order valence-corrected chi connectivity index (χ4v) is 6.62. The minimum atomic E-state index is 0. The molecule has 0 unspecified atom stereocenters. The summed E-state index contributed by atoms with van der Waals surface area (Å²) in [6.45, 7) is 15.8. The molecule has 0 spiro atoms. The zero-order chi connectivity index (χ0) is 33.9. The first-order valence-electron chi connectivity index (χ1n) is 16.2. The van der Waals surface area contributed by atoms with Crippen molar-refractivity contribution in [2.45, 2.75) is 41.5 Å². The van der Waals surface area contributed by atoms with Crippen LogP contribution in [0.15, 0.2) is 130 Å². The molecule has 0 aliphatic rings. The molecule has 0 bridgehead atoms. The molecule has 268 valence electrons. The maximum atomic E-state index is 5.81. The van der Waals surface area contributed by atoms with Gasteiger partial charge in [0.2, 0.25) is 0 Å². The molecule has 0 fully saturated rings. The van der Waals surface area contributed by atoms with E-state index in [0.717, 1.165) is 34.2 Å². The van der Waals surface area contributed by atoms with Crippen molar-refractivity contribution in [3.8, 4) is 44.9 Å². The van der Waals surface area contributed by atoms with Crippen LogP contribution >= 0.6 is 24.8 Å². The molecule has 0 aliphatic heterocycles. The van der Waals surface area contributed by atoms with Crippen LogP contribution in [0.3, 0.4) is 0 Å². The summed E-state index contributed by atoms with van der Waals surface area (Å²) in [7, 11) is 0. The van der Waals surface area contributed by atoms with Crippen molar-refractivity contribution in [1.82, 2.24) is 0 Å². The van der Waals surface area contributed by atoms with Gasteiger partial charge in [0.05, 0.1) is 23.0 Å². The van der Waals surface area contributed by atoms with Crippen LogP contribution in [0.4, 0.5) is 0 Å². The van der Waals surface area contributed by atoms with E-state index in [0.29, 0.717) is 0 Å². The Kier molecular flexibility index (Phi) is 16.6. The molecule has 0 N–H and O–H groups in total.